The van der Waals surface area contributed by atoms with E-state index in [2.05, 4.69) is 5.18 Å². The molecule has 0 saturated carbocycles. The number of aryl methyl sites for hydroxylation is 2. The Morgan fingerprint density at radius 2 is 1.66 bits per heavy atom. The molecular weight excluding hydrogens is 527 g/mol. The average Bonchev–Trinajstić information content (AvgIpc) is 2.89. The Bertz CT molecular complexity index is 1550. The van der Waals surface area contributed by atoms with Crippen LogP contribution < -0.4 is 10.3 Å². The van der Waals surface area contributed by atoms with Crippen LogP contribution in [0.15, 0.2) is 89.0 Å². The van der Waals surface area contributed by atoms with Crippen molar-refractivity contribution in [2.45, 2.75) is 25.3 Å². The summed E-state index contributed by atoms with van der Waals surface area (Å²) in [5.41, 5.74) is 3.31. The lowest BCUT2D eigenvalue weighted by atomic mass is 9.83. The second kappa shape index (κ2) is 11.6. The summed E-state index contributed by atoms with van der Waals surface area (Å²) in [7, 11) is 1.63. The van der Waals surface area contributed by atoms with Crippen LogP contribution in [0, 0.1) is 11.8 Å². The summed E-state index contributed by atoms with van der Waals surface area (Å²) >= 11 is 12.2. The summed E-state index contributed by atoms with van der Waals surface area (Å²) < 4.78 is 7.29. The average molecular weight is 551 g/mol. The van der Waals surface area contributed by atoms with E-state index in [1.807, 2.05) is 37.3 Å². The van der Waals surface area contributed by atoms with Gasteiger partial charge < -0.3 is 14.4 Å². The summed E-state index contributed by atoms with van der Waals surface area (Å²) in [6.45, 7) is 1.96. The first-order valence-corrected chi connectivity index (χ1v) is 12.5. The van der Waals surface area contributed by atoms with Crippen LogP contribution in [0.3, 0.4) is 0 Å². The molecule has 0 bridgehead atoms. The minimum absolute atomic E-state index is 0.0510. The second-order valence-electron chi connectivity index (χ2n) is 8.94. The number of hydrogen-bond acceptors (Lipinski definition) is 5. The van der Waals surface area contributed by atoms with Crippen molar-refractivity contribution < 1.29 is 14.6 Å². The Labute approximate surface area is 229 Å². The monoisotopic (exact) mass is 550 g/mol. The van der Waals surface area contributed by atoms with Crippen molar-refractivity contribution in [1.29, 1.82) is 0 Å². The van der Waals surface area contributed by atoms with Gasteiger partial charge in [-0.25, -0.2) is 4.79 Å². The zero-order valence-electron chi connectivity index (χ0n) is 20.6. The molecule has 7 nitrogen and oxygen atoms in total. The van der Waals surface area contributed by atoms with Gasteiger partial charge in [0.25, 0.3) is 0 Å². The highest BCUT2D eigenvalue weighted by Crippen LogP contribution is 2.38. The van der Waals surface area contributed by atoms with Crippen LogP contribution in [0.5, 0.6) is 11.5 Å². The third kappa shape index (κ3) is 6.13. The molecule has 0 saturated heterocycles. The highest BCUT2D eigenvalue weighted by Gasteiger charge is 2.24. The number of carboxylic acids is 1. The molecule has 1 N–H and O–H groups in total. The molecule has 4 rings (SSSR count). The minimum Gasteiger partial charge on any atom is -0.478 e. The zero-order chi connectivity index (χ0) is 27.4. The number of nitroso groups, excluding NO2 is 1. The van der Waals surface area contributed by atoms with Crippen molar-refractivity contribution in [1.82, 2.24) is 4.57 Å². The number of nitrogens with zero attached hydrogens (tertiary/aromatic N) is 2. The molecule has 0 radical (unpaired) electrons. The summed E-state index contributed by atoms with van der Waals surface area (Å²) in [5.74, 6) is -0.518. The van der Waals surface area contributed by atoms with E-state index in [1.165, 1.54) is 22.8 Å². The van der Waals surface area contributed by atoms with Crippen molar-refractivity contribution in [2.75, 3.05) is 0 Å². The Morgan fingerprint density at radius 1 is 0.974 bits per heavy atom. The number of aromatic nitrogens is 1. The molecule has 0 fully saturated rings. The second-order valence-corrected chi connectivity index (χ2v) is 9.78. The van der Waals surface area contributed by atoms with Gasteiger partial charge in [-0.2, -0.15) is 4.91 Å². The van der Waals surface area contributed by atoms with Gasteiger partial charge in [-0.3, -0.25) is 4.79 Å². The lowest BCUT2D eigenvalue weighted by molar-refractivity contribution is 0.0696. The summed E-state index contributed by atoms with van der Waals surface area (Å²) in [6.07, 6.45) is 2.00. The van der Waals surface area contributed by atoms with E-state index in [4.69, 9.17) is 27.9 Å². The van der Waals surface area contributed by atoms with Gasteiger partial charge in [-0.1, -0.05) is 46.6 Å². The number of carboxylic acid groups (broad SMARTS) is 1. The summed E-state index contributed by atoms with van der Waals surface area (Å²) in [5, 5.41) is 13.4. The topological polar surface area (TPSA) is 98.0 Å². The lowest BCUT2D eigenvalue weighted by Crippen LogP contribution is -2.16. The molecule has 2 atom stereocenters. The zero-order valence-corrected chi connectivity index (χ0v) is 22.1. The molecule has 3 aromatic carbocycles. The molecule has 0 aliphatic carbocycles. The normalized spacial score (nSPS) is 12.5. The number of rotatable bonds is 9. The maximum absolute atomic E-state index is 12.0. The van der Waals surface area contributed by atoms with Crippen LogP contribution in [0.1, 0.15) is 51.0 Å². The fourth-order valence-electron chi connectivity index (χ4n) is 4.38. The smallest absolute Gasteiger partial charge is 0.337 e. The van der Waals surface area contributed by atoms with Crippen molar-refractivity contribution in [3.63, 3.8) is 0 Å². The largest absolute Gasteiger partial charge is 0.478 e. The van der Waals surface area contributed by atoms with Crippen LogP contribution in [0.2, 0.25) is 10.0 Å². The van der Waals surface area contributed by atoms with Crippen LogP contribution in [0.25, 0.3) is 0 Å². The SMILES string of the molecule is Cc1cc(Cl)ccc1C(CC(N=O)c1ccc(=O)n(C)c1)c1ccc(Oc2ccc(Cl)c(C(=O)O)c2)cc1. The maximum atomic E-state index is 12.0. The van der Waals surface area contributed by atoms with E-state index in [0.717, 1.165) is 16.7 Å². The molecule has 0 spiro atoms. The van der Waals surface area contributed by atoms with E-state index in [0.29, 0.717) is 28.5 Å². The van der Waals surface area contributed by atoms with E-state index < -0.39 is 12.0 Å². The molecule has 0 amide bonds. The highest BCUT2D eigenvalue weighted by atomic mass is 35.5. The van der Waals surface area contributed by atoms with Crippen LogP contribution in [-0.2, 0) is 7.05 Å². The van der Waals surface area contributed by atoms with Gasteiger partial charge in [-0.15, -0.1) is 0 Å². The third-order valence-electron chi connectivity index (χ3n) is 6.37. The third-order valence-corrected chi connectivity index (χ3v) is 6.94. The molecule has 4 aromatic rings. The molecule has 2 unspecified atom stereocenters. The Morgan fingerprint density at radius 3 is 2.29 bits per heavy atom. The molecule has 0 aliphatic heterocycles. The quantitative estimate of drug-likeness (QED) is 0.217. The Balaban J connectivity index is 1.67. The van der Waals surface area contributed by atoms with Crippen LogP contribution >= 0.6 is 23.2 Å². The Hall–Kier alpha value is -3.94. The van der Waals surface area contributed by atoms with Crippen LogP contribution in [-0.4, -0.2) is 15.6 Å². The van der Waals surface area contributed by atoms with Crippen molar-refractivity contribution >= 4 is 29.2 Å². The molecule has 9 heteroatoms. The molecule has 1 heterocycles. The van der Waals surface area contributed by atoms with E-state index in [1.54, 1.807) is 37.5 Å². The number of benzene rings is 3. The summed E-state index contributed by atoms with van der Waals surface area (Å²) in [6, 6.07) is 19.8. The molecule has 1 aromatic heterocycles. The minimum atomic E-state index is -1.14. The molecular formula is C29H24Cl2N2O5. The van der Waals surface area contributed by atoms with Crippen molar-refractivity contribution in [3.05, 3.63) is 132 Å². The molecule has 0 aliphatic rings. The number of halogens is 2. The predicted molar refractivity (Wildman–Crippen MR) is 148 cm³/mol. The van der Waals surface area contributed by atoms with Crippen molar-refractivity contribution in [3.8, 4) is 11.5 Å². The lowest BCUT2D eigenvalue weighted by Gasteiger charge is -2.23. The Kier molecular flexibility index (Phi) is 8.29. The molecule has 194 valence electrons. The first-order chi connectivity index (χ1) is 18.2. The van der Waals surface area contributed by atoms with Gasteiger partial charge in [0.1, 0.15) is 17.5 Å². The highest BCUT2D eigenvalue weighted by molar-refractivity contribution is 6.33. The number of ether oxygens (including phenoxy) is 1. The van der Waals surface area contributed by atoms with E-state index in [9.17, 15) is 19.6 Å². The van der Waals surface area contributed by atoms with Crippen LogP contribution in [0.4, 0.5) is 0 Å². The van der Waals surface area contributed by atoms with Gasteiger partial charge in [0.15, 0.2) is 0 Å². The van der Waals surface area contributed by atoms with E-state index in [-0.39, 0.29) is 22.1 Å². The van der Waals surface area contributed by atoms with Gasteiger partial charge in [-0.05, 0) is 84.1 Å². The maximum Gasteiger partial charge on any atom is 0.337 e. The first kappa shape index (κ1) is 27.1. The number of pyridine rings is 1. The number of aromatic carboxylic acids is 1. The predicted octanol–water partition coefficient (Wildman–Crippen LogP) is 7.52. The molecule has 38 heavy (non-hydrogen) atoms. The van der Waals surface area contributed by atoms with Gasteiger partial charge in [0.05, 0.1) is 10.6 Å². The van der Waals surface area contributed by atoms with Gasteiger partial charge in [0.2, 0.25) is 5.56 Å². The summed E-state index contributed by atoms with van der Waals surface area (Å²) in [4.78, 5) is 35.2. The van der Waals surface area contributed by atoms with Gasteiger partial charge in [0, 0.05) is 30.3 Å². The standard InChI is InChI=1S/C29H24Cl2N2O5/c1-17-13-20(30)6-10-23(17)24(15-27(32-37)19-5-12-28(34)33(2)16-19)18-3-7-21(8-4-18)38-22-9-11-26(31)25(14-22)29(35)36/h3-14,16,24,27H,15H2,1-2H3,(H,35,36). The first-order valence-electron chi connectivity index (χ1n) is 11.7. The van der Waals surface area contributed by atoms with E-state index >= 15 is 0 Å². The number of hydrogen-bond donors (Lipinski definition) is 1. The van der Waals surface area contributed by atoms with Crippen molar-refractivity contribution in [2.24, 2.45) is 12.2 Å². The fraction of sp³-hybridized carbons (Fsp3) is 0.172. The number of carbonyl (C=O) groups is 1. The fourth-order valence-corrected chi connectivity index (χ4v) is 4.81. The van der Waals surface area contributed by atoms with Gasteiger partial charge >= 0.3 is 5.97 Å².